The molecule has 2 heterocycles. The first-order valence-corrected chi connectivity index (χ1v) is 7.87. The van der Waals surface area contributed by atoms with E-state index in [1.165, 1.54) is 34.8 Å². The van der Waals surface area contributed by atoms with Crippen molar-refractivity contribution in [3.63, 3.8) is 0 Å². The van der Waals surface area contributed by atoms with Gasteiger partial charge in [0.2, 0.25) is 0 Å². The van der Waals surface area contributed by atoms with Crippen LogP contribution in [0.5, 0.6) is 0 Å². The molecule has 0 bridgehead atoms. The van der Waals surface area contributed by atoms with Crippen molar-refractivity contribution in [2.75, 3.05) is 6.54 Å². The lowest BCUT2D eigenvalue weighted by atomic mass is 9.75. The van der Waals surface area contributed by atoms with Crippen molar-refractivity contribution in [3.8, 4) is 0 Å². The average molecular weight is 291 g/mol. The molecule has 22 heavy (non-hydrogen) atoms. The summed E-state index contributed by atoms with van der Waals surface area (Å²) in [7, 11) is 0.512. The van der Waals surface area contributed by atoms with Gasteiger partial charge in [0.15, 0.2) is 13.6 Å². The Bertz CT molecular complexity index is 624. The molecule has 2 saturated heterocycles. The van der Waals surface area contributed by atoms with E-state index in [1.54, 1.807) is 0 Å². The molecule has 0 aromatic heterocycles. The van der Waals surface area contributed by atoms with Gasteiger partial charge in [0.05, 0.1) is 6.04 Å². The molecule has 2 aromatic carbocycles. The lowest BCUT2D eigenvalue weighted by Gasteiger charge is -2.45. The third-order valence-electron chi connectivity index (χ3n) is 4.99. The van der Waals surface area contributed by atoms with Gasteiger partial charge < -0.3 is 8.96 Å². The Hall–Kier alpha value is -1.51. The highest BCUT2D eigenvalue weighted by molar-refractivity contribution is 6.47. The summed E-state index contributed by atoms with van der Waals surface area (Å²) >= 11 is 0. The van der Waals surface area contributed by atoms with Crippen LogP contribution in [0, 0.1) is 0 Å². The maximum atomic E-state index is 6.83. The minimum Gasteiger partial charge on any atom is -0.566 e. The predicted octanol–water partition coefficient (Wildman–Crippen LogP) is 2.34. The van der Waals surface area contributed by atoms with E-state index in [1.807, 2.05) is 0 Å². The summed E-state index contributed by atoms with van der Waals surface area (Å²) in [4.78, 5) is 0. The number of fused-ring (bicyclic) bond motifs is 1. The summed E-state index contributed by atoms with van der Waals surface area (Å²) in [6, 6.07) is 22.4. The van der Waals surface area contributed by atoms with Crippen LogP contribution in [-0.2, 0) is 10.3 Å². The first-order chi connectivity index (χ1) is 10.7. The Kier molecular flexibility index (Phi) is 3.21. The zero-order valence-corrected chi connectivity index (χ0v) is 12.4. The lowest BCUT2D eigenvalue weighted by molar-refractivity contribution is -0.716. The molecule has 2 atom stereocenters. The maximum Gasteiger partial charge on any atom is 0.525 e. The molecule has 0 spiro atoms. The third kappa shape index (κ3) is 1.77. The van der Waals surface area contributed by atoms with Crippen molar-refractivity contribution in [3.05, 3.63) is 71.8 Å². The number of quaternary nitrogens is 1. The number of benzene rings is 2. The van der Waals surface area contributed by atoms with E-state index < -0.39 is 0 Å². The van der Waals surface area contributed by atoms with E-state index in [0.29, 0.717) is 13.1 Å². The quantitative estimate of drug-likeness (QED) is 0.772. The Balaban J connectivity index is 1.95. The Morgan fingerprint density at radius 1 is 1.05 bits per heavy atom. The summed E-state index contributed by atoms with van der Waals surface area (Å²) in [5, 5.41) is 0. The van der Waals surface area contributed by atoms with Crippen LogP contribution in [0.1, 0.15) is 24.0 Å². The fourth-order valence-corrected chi connectivity index (χ4v) is 4.14. The van der Waals surface area contributed by atoms with Crippen LogP contribution in [0.25, 0.3) is 0 Å². The van der Waals surface area contributed by atoms with Crippen molar-refractivity contribution < 1.29 is 8.96 Å². The second kappa shape index (κ2) is 5.00. The molecule has 4 heteroatoms. The predicted molar refractivity (Wildman–Crippen MR) is 94.5 cm³/mol. The van der Waals surface area contributed by atoms with Crippen molar-refractivity contribution in [2.45, 2.75) is 31.3 Å². The van der Waals surface area contributed by atoms with E-state index in [-0.39, 0.29) is 13.6 Å². The fraction of sp³-hybridized carbons (Fsp3) is 0.333. The molecule has 2 aromatic rings. The molecule has 2 nitrogen and oxygen atoms in total. The van der Waals surface area contributed by atoms with Crippen LogP contribution in [-0.4, -0.2) is 31.9 Å². The number of rotatable bonds is 2. The van der Waals surface area contributed by atoms with Gasteiger partial charge in [-0.15, -0.1) is 0 Å². The van der Waals surface area contributed by atoms with E-state index in [0.717, 1.165) is 0 Å². The van der Waals surface area contributed by atoms with Crippen LogP contribution < -0.4 is 0 Å². The van der Waals surface area contributed by atoms with E-state index in [9.17, 15) is 0 Å². The lowest BCUT2D eigenvalue weighted by Crippen LogP contribution is -2.55. The van der Waals surface area contributed by atoms with Gasteiger partial charge in [-0.3, -0.25) is 0 Å². The molecule has 4 rings (SSSR count). The molecule has 2 fully saturated rings. The smallest absolute Gasteiger partial charge is 0.525 e. The zero-order valence-electron chi connectivity index (χ0n) is 12.4. The van der Waals surface area contributed by atoms with Gasteiger partial charge in [-0.25, -0.2) is 0 Å². The topological polar surface area (TPSA) is 9.23 Å². The normalized spacial score (nSPS) is 29.5. The van der Waals surface area contributed by atoms with Crippen molar-refractivity contribution >= 4 is 15.0 Å². The summed E-state index contributed by atoms with van der Waals surface area (Å²) in [5.41, 5.74) is 2.42. The van der Waals surface area contributed by atoms with Crippen molar-refractivity contribution in [1.29, 1.82) is 0 Å². The van der Waals surface area contributed by atoms with Crippen LogP contribution >= 0.6 is 0 Å². The van der Waals surface area contributed by atoms with Crippen molar-refractivity contribution in [2.24, 2.45) is 0 Å². The van der Waals surface area contributed by atoms with Gasteiger partial charge in [-0.1, -0.05) is 60.7 Å². The van der Waals surface area contributed by atoms with Gasteiger partial charge in [0.25, 0.3) is 0 Å². The van der Waals surface area contributed by atoms with Gasteiger partial charge in [-0.2, -0.15) is 0 Å². The van der Waals surface area contributed by atoms with Gasteiger partial charge in [-0.05, 0) is 17.5 Å². The van der Waals surface area contributed by atoms with E-state index >= 15 is 0 Å². The molecular weight excluding hydrogens is 268 g/mol. The Labute approximate surface area is 134 Å². The first kappa shape index (κ1) is 14.1. The number of hydrogen-bond acceptors (Lipinski definition) is 1. The standard InChI is InChI=1S/C18H23B2NO/c1-20-21(19)14-8-13-17(21)18(22-20,15-9-4-2-5-10-15)16-11-6-3-7-12-16/h2-7,9-12,17H,8,13-14H2,1,19H3/t17-,21-/m0/s1. The minimum atomic E-state index is -0.250. The molecule has 0 saturated carbocycles. The average Bonchev–Trinajstić information content (AvgIpc) is 3.06. The molecule has 2 aliphatic rings. The molecule has 0 N–H and O–H groups in total. The number of hydrogen-bond donors (Lipinski definition) is 0. The summed E-state index contributed by atoms with van der Waals surface area (Å²) in [5.74, 6) is 0. The molecule has 0 aliphatic carbocycles. The summed E-state index contributed by atoms with van der Waals surface area (Å²) in [6.45, 7) is 3.63. The molecule has 112 valence electrons. The van der Waals surface area contributed by atoms with E-state index in [2.05, 4.69) is 67.5 Å². The highest BCUT2D eigenvalue weighted by Crippen LogP contribution is 2.51. The van der Waals surface area contributed by atoms with Crippen molar-refractivity contribution in [1.82, 2.24) is 0 Å². The zero-order chi connectivity index (χ0) is 15.2. The molecular formula is C18H23B2NO. The fourth-order valence-electron chi connectivity index (χ4n) is 4.14. The van der Waals surface area contributed by atoms with Gasteiger partial charge in [0, 0.05) is 19.8 Å². The monoisotopic (exact) mass is 291 g/mol. The molecule has 2 aliphatic heterocycles. The SMILES string of the molecule is [BH3-][N@+]12CCC[C@H]1C(c1ccccc1)(c1ccccc1)OB2C. The summed E-state index contributed by atoms with van der Waals surface area (Å²) < 4.78 is 8.11. The molecule has 0 unspecified atom stereocenters. The molecule has 0 amide bonds. The van der Waals surface area contributed by atoms with Crippen LogP contribution in [0.2, 0.25) is 6.82 Å². The van der Waals surface area contributed by atoms with Crippen LogP contribution in [0.15, 0.2) is 60.7 Å². The maximum absolute atomic E-state index is 6.83. The van der Waals surface area contributed by atoms with Gasteiger partial charge >= 0.3 is 7.05 Å². The van der Waals surface area contributed by atoms with E-state index in [4.69, 9.17) is 4.65 Å². The Morgan fingerprint density at radius 2 is 1.59 bits per heavy atom. The third-order valence-corrected chi connectivity index (χ3v) is 4.99. The van der Waals surface area contributed by atoms with Crippen LogP contribution in [0.3, 0.4) is 0 Å². The van der Waals surface area contributed by atoms with Gasteiger partial charge in [0.1, 0.15) is 0 Å². The molecule has 0 radical (unpaired) electrons. The second-order valence-corrected chi connectivity index (χ2v) is 6.08. The highest BCUT2D eigenvalue weighted by Gasteiger charge is 2.62. The summed E-state index contributed by atoms with van der Waals surface area (Å²) in [6.07, 6.45) is 2.64. The highest BCUT2D eigenvalue weighted by atomic mass is 16.5. The van der Waals surface area contributed by atoms with Crippen LogP contribution in [0.4, 0.5) is 0 Å². The number of nitrogens with zero attached hydrogens (tertiary/aromatic N) is 1. The second-order valence-electron chi connectivity index (χ2n) is 6.08. The Morgan fingerprint density at radius 3 is 2.14 bits per heavy atom. The minimum absolute atomic E-state index is 0.171. The first-order valence-electron chi connectivity index (χ1n) is 7.87. The largest absolute Gasteiger partial charge is 0.566 e.